The molecule has 3 heteroatoms. The minimum atomic E-state index is -0.693. The number of likely N-dealkylation sites (tertiary alicyclic amines) is 1. The van der Waals surface area contributed by atoms with Gasteiger partial charge in [-0.15, -0.1) is 0 Å². The van der Waals surface area contributed by atoms with E-state index in [1.54, 1.807) is 0 Å². The molecule has 1 aliphatic rings. The summed E-state index contributed by atoms with van der Waals surface area (Å²) >= 11 is 0. The summed E-state index contributed by atoms with van der Waals surface area (Å²) in [5.41, 5.74) is 0.345. The van der Waals surface area contributed by atoms with Gasteiger partial charge in [-0.3, -0.25) is 9.69 Å². The van der Waals surface area contributed by atoms with E-state index >= 15 is 0 Å². The Labute approximate surface area is 92.5 Å². The zero-order valence-electron chi connectivity index (χ0n) is 10.3. The van der Waals surface area contributed by atoms with Gasteiger partial charge in [-0.05, 0) is 31.2 Å². The predicted molar refractivity (Wildman–Crippen MR) is 60.8 cm³/mol. The van der Waals surface area contributed by atoms with Gasteiger partial charge in [0.25, 0.3) is 0 Å². The topological polar surface area (TPSA) is 40.5 Å². The molecule has 0 aliphatic carbocycles. The smallest absolute Gasteiger partial charge is 0.304 e. The summed E-state index contributed by atoms with van der Waals surface area (Å²) in [5, 5.41) is 8.74. The molecule has 0 amide bonds. The molecule has 0 aromatic rings. The van der Waals surface area contributed by atoms with Gasteiger partial charge < -0.3 is 5.11 Å². The van der Waals surface area contributed by atoms with Crippen molar-refractivity contribution in [1.29, 1.82) is 0 Å². The molecule has 0 bridgehead atoms. The molecule has 88 valence electrons. The third kappa shape index (κ3) is 3.49. The average Bonchev–Trinajstić information content (AvgIpc) is 2.48. The molecule has 1 aliphatic heterocycles. The van der Waals surface area contributed by atoms with E-state index in [9.17, 15) is 4.79 Å². The highest BCUT2D eigenvalue weighted by atomic mass is 16.4. The molecule has 0 radical (unpaired) electrons. The number of rotatable bonds is 3. The molecule has 1 heterocycles. The zero-order chi connectivity index (χ0) is 11.6. The molecule has 1 saturated heterocycles. The maximum absolute atomic E-state index is 10.6. The van der Waals surface area contributed by atoms with Gasteiger partial charge in [0.05, 0.1) is 6.42 Å². The maximum Gasteiger partial charge on any atom is 0.304 e. The second kappa shape index (κ2) is 4.52. The van der Waals surface area contributed by atoms with Crippen LogP contribution in [0.3, 0.4) is 0 Å². The van der Waals surface area contributed by atoms with E-state index in [4.69, 9.17) is 5.11 Å². The average molecular weight is 213 g/mol. The maximum atomic E-state index is 10.6. The van der Waals surface area contributed by atoms with E-state index in [1.807, 2.05) is 6.92 Å². The second-order valence-electron chi connectivity index (χ2n) is 5.79. The van der Waals surface area contributed by atoms with Gasteiger partial charge >= 0.3 is 5.97 Å². The van der Waals surface area contributed by atoms with Crippen molar-refractivity contribution in [3.05, 3.63) is 0 Å². The van der Waals surface area contributed by atoms with E-state index < -0.39 is 5.97 Å². The molecule has 15 heavy (non-hydrogen) atoms. The molecular weight excluding hydrogens is 190 g/mol. The standard InChI is InChI=1S/C12H23NO2/c1-9(7-11(14)15)13-6-5-10(8-13)12(2,3)4/h9-10H,5-8H2,1-4H3,(H,14,15). The van der Waals surface area contributed by atoms with Crippen molar-refractivity contribution in [2.45, 2.75) is 46.6 Å². The van der Waals surface area contributed by atoms with Crippen LogP contribution in [0.15, 0.2) is 0 Å². The normalized spacial score (nSPS) is 25.5. The third-order valence-electron chi connectivity index (χ3n) is 3.54. The lowest BCUT2D eigenvalue weighted by atomic mass is 9.80. The number of hydrogen-bond acceptors (Lipinski definition) is 2. The van der Waals surface area contributed by atoms with Crippen LogP contribution in [0, 0.1) is 11.3 Å². The van der Waals surface area contributed by atoms with Gasteiger partial charge in [0.15, 0.2) is 0 Å². The Kier molecular flexibility index (Phi) is 3.77. The Bertz CT molecular complexity index is 232. The molecule has 1 N–H and O–H groups in total. The molecule has 0 aromatic carbocycles. The number of carbonyl (C=O) groups is 1. The molecule has 3 nitrogen and oxygen atoms in total. The van der Waals surface area contributed by atoms with Crippen LogP contribution in [-0.2, 0) is 4.79 Å². The molecular formula is C12H23NO2. The molecule has 2 atom stereocenters. The highest BCUT2D eigenvalue weighted by molar-refractivity contribution is 5.67. The van der Waals surface area contributed by atoms with Gasteiger partial charge in [0.2, 0.25) is 0 Å². The lowest BCUT2D eigenvalue weighted by molar-refractivity contribution is -0.138. The van der Waals surface area contributed by atoms with Crippen LogP contribution >= 0.6 is 0 Å². The Morgan fingerprint density at radius 1 is 1.53 bits per heavy atom. The van der Waals surface area contributed by atoms with Gasteiger partial charge in [0, 0.05) is 12.6 Å². The number of aliphatic carboxylic acids is 1. The molecule has 0 spiro atoms. The van der Waals surface area contributed by atoms with Crippen LogP contribution in [0.1, 0.15) is 40.5 Å². The van der Waals surface area contributed by atoms with E-state index in [1.165, 1.54) is 6.42 Å². The zero-order valence-corrected chi connectivity index (χ0v) is 10.3. The Morgan fingerprint density at radius 2 is 2.13 bits per heavy atom. The summed E-state index contributed by atoms with van der Waals surface area (Å²) in [7, 11) is 0. The Morgan fingerprint density at radius 3 is 2.53 bits per heavy atom. The van der Waals surface area contributed by atoms with E-state index in [-0.39, 0.29) is 12.5 Å². The summed E-state index contributed by atoms with van der Waals surface area (Å²) in [6.45, 7) is 10.9. The van der Waals surface area contributed by atoms with E-state index in [0.29, 0.717) is 11.3 Å². The Balaban J connectivity index is 2.45. The highest BCUT2D eigenvalue weighted by Gasteiger charge is 2.33. The fraction of sp³-hybridized carbons (Fsp3) is 0.917. The van der Waals surface area contributed by atoms with Crippen LogP contribution < -0.4 is 0 Å². The van der Waals surface area contributed by atoms with Gasteiger partial charge in [-0.25, -0.2) is 0 Å². The van der Waals surface area contributed by atoms with Crippen molar-refractivity contribution in [2.75, 3.05) is 13.1 Å². The van der Waals surface area contributed by atoms with Crippen molar-refractivity contribution < 1.29 is 9.90 Å². The summed E-state index contributed by atoms with van der Waals surface area (Å²) < 4.78 is 0. The van der Waals surface area contributed by atoms with E-state index in [2.05, 4.69) is 25.7 Å². The van der Waals surface area contributed by atoms with Crippen LogP contribution in [0.2, 0.25) is 0 Å². The minimum absolute atomic E-state index is 0.176. The second-order valence-corrected chi connectivity index (χ2v) is 5.79. The largest absolute Gasteiger partial charge is 0.481 e. The van der Waals surface area contributed by atoms with Gasteiger partial charge in [-0.1, -0.05) is 20.8 Å². The molecule has 0 aromatic heterocycles. The van der Waals surface area contributed by atoms with Gasteiger partial charge in [-0.2, -0.15) is 0 Å². The first-order valence-electron chi connectivity index (χ1n) is 5.76. The molecule has 2 unspecified atom stereocenters. The summed E-state index contributed by atoms with van der Waals surface area (Å²) in [5.74, 6) is 0.00968. The first-order valence-corrected chi connectivity index (χ1v) is 5.76. The summed E-state index contributed by atoms with van der Waals surface area (Å²) in [4.78, 5) is 12.9. The Hall–Kier alpha value is -0.570. The van der Waals surface area contributed by atoms with Crippen LogP contribution in [0.5, 0.6) is 0 Å². The lowest BCUT2D eigenvalue weighted by Crippen LogP contribution is -2.34. The number of nitrogens with zero attached hydrogens (tertiary/aromatic N) is 1. The molecule has 0 saturated carbocycles. The SMILES string of the molecule is CC(CC(=O)O)N1CCC(C(C)(C)C)C1. The monoisotopic (exact) mass is 213 g/mol. The van der Waals surface area contributed by atoms with E-state index in [0.717, 1.165) is 13.1 Å². The van der Waals surface area contributed by atoms with Crippen molar-refractivity contribution in [2.24, 2.45) is 11.3 Å². The molecule has 1 rings (SSSR count). The quantitative estimate of drug-likeness (QED) is 0.781. The van der Waals surface area contributed by atoms with Crippen molar-refractivity contribution >= 4 is 5.97 Å². The summed E-state index contributed by atoms with van der Waals surface area (Å²) in [6.07, 6.45) is 1.46. The van der Waals surface area contributed by atoms with Crippen molar-refractivity contribution in [3.8, 4) is 0 Å². The fourth-order valence-corrected chi connectivity index (χ4v) is 2.28. The van der Waals surface area contributed by atoms with Crippen LogP contribution in [0.25, 0.3) is 0 Å². The highest BCUT2D eigenvalue weighted by Crippen LogP contribution is 2.34. The summed E-state index contributed by atoms with van der Waals surface area (Å²) in [6, 6.07) is 0.176. The van der Waals surface area contributed by atoms with Crippen LogP contribution in [-0.4, -0.2) is 35.1 Å². The minimum Gasteiger partial charge on any atom is -0.481 e. The van der Waals surface area contributed by atoms with Crippen molar-refractivity contribution in [1.82, 2.24) is 4.90 Å². The van der Waals surface area contributed by atoms with Crippen LogP contribution in [0.4, 0.5) is 0 Å². The lowest BCUT2D eigenvalue weighted by Gasteiger charge is -2.28. The third-order valence-corrected chi connectivity index (χ3v) is 3.54. The van der Waals surface area contributed by atoms with Crippen molar-refractivity contribution in [3.63, 3.8) is 0 Å². The first kappa shape index (κ1) is 12.5. The number of carboxylic acid groups (broad SMARTS) is 1. The molecule has 1 fully saturated rings. The van der Waals surface area contributed by atoms with Gasteiger partial charge in [0.1, 0.15) is 0 Å². The first-order chi connectivity index (χ1) is 6.80. The predicted octanol–water partition coefficient (Wildman–Crippen LogP) is 2.22. The fourth-order valence-electron chi connectivity index (χ4n) is 2.28. The number of carboxylic acids is 1. The number of hydrogen-bond donors (Lipinski definition) is 1.